The minimum atomic E-state index is -0.733. The van der Waals surface area contributed by atoms with Gasteiger partial charge in [-0.25, -0.2) is 0 Å². The molecule has 1 aromatic rings. The van der Waals surface area contributed by atoms with Crippen molar-refractivity contribution in [3.8, 4) is 0 Å². The van der Waals surface area contributed by atoms with E-state index in [0.29, 0.717) is 25.1 Å². The van der Waals surface area contributed by atoms with Crippen molar-refractivity contribution in [2.45, 2.75) is 18.9 Å². The topological polar surface area (TPSA) is 53.4 Å². The zero-order valence-corrected chi connectivity index (χ0v) is 8.68. The third kappa shape index (κ3) is 2.15. The Morgan fingerprint density at radius 1 is 1.53 bits per heavy atom. The van der Waals surface area contributed by atoms with Crippen molar-refractivity contribution < 1.29 is 9.90 Å². The van der Waals surface area contributed by atoms with Gasteiger partial charge < -0.3 is 10.0 Å². The Kier molecular flexibility index (Phi) is 2.44. The van der Waals surface area contributed by atoms with E-state index in [0.717, 1.165) is 0 Å². The molecular formula is C11H14N2O2. The maximum atomic E-state index is 11.9. The van der Waals surface area contributed by atoms with E-state index in [4.69, 9.17) is 0 Å². The van der Waals surface area contributed by atoms with Crippen molar-refractivity contribution in [3.05, 3.63) is 30.1 Å². The molecule has 1 atom stereocenters. The second-order valence-electron chi connectivity index (χ2n) is 4.21. The van der Waals surface area contributed by atoms with Gasteiger partial charge in [0, 0.05) is 31.0 Å². The summed E-state index contributed by atoms with van der Waals surface area (Å²) in [4.78, 5) is 17.5. The van der Waals surface area contributed by atoms with Crippen LogP contribution in [0.15, 0.2) is 24.5 Å². The largest absolute Gasteiger partial charge is 0.388 e. The number of hydrogen-bond donors (Lipinski definition) is 1. The Labute approximate surface area is 88.6 Å². The molecule has 1 amide bonds. The summed E-state index contributed by atoms with van der Waals surface area (Å²) in [7, 11) is 0. The Morgan fingerprint density at radius 2 is 2.20 bits per heavy atom. The first-order valence-electron chi connectivity index (χ1n) is 5.00. The van der Waals surface area contributed by atoms with Crippen LogP contribution in [0.2, 0.25) is 0 Å². The number of amides is 1. The molecule has 0 aliphatic carbocycles. The summed E-state index contributed by atoms with van der Waals surface area (Å²) in [6.07, 6.45) is 3.84. The predicted molar refractivity (Wildman–Crippen MR) is 55.4 cm³/mol. The van der Waals surface area contributed by atoms with Crippen molar-refractivity contribution in [1.29, 1.82) is 0 Å². The normalized spacial score (nSPS) is 25.6. The average molecular weight is 206 g/mol. The van der Waals surface area contributed by atoms with E-state index >= 15 is 0 Å². The molecule has 0 saturated carbocycles. The van der Waals surface area contributed by atoms with Crippen LogP contribution in [0, 0.1) is 0 Å². The monoisotopic (exact) mass is 206 g/mol. The van der Waals surface area contributed by atoms with Gasteiger partial charge in [-0.2, -0.15) is 0 Å². The number of pyridine rings is 1. The second kappa shape index (κ2) is 3.62. The summed E-state index contributed by atoms with van der Waals surface area (Å²) < 4.78 is 0. The van der Waals surface area contributed by atoms with Gasteiger partial charge in [0.2, 0.25) is 0 Å². The Bertz CT molecular complexity index is 362. The second-order valence-corrected chi connectivity index (χ2v) is 4.21. The van der Waals surface area contributed by atoms with Crippen LogP contribution in [0.3, 0.4) is 0 Å². The van der Waals surface area contributed by atoms with E-state index in [-0.39, 0.29) is 5.91 Å². The molecule has 0 bridgehead atoms. The fraction of sp³-hybridized carbons (Fsp3) is 0.455. The van der Waals surface area contributed by atoms with Crippen molar-refractivity contribution in [2.24, 2.45) is 0 Å². The van der Waals surface area contributed by atoms with E-state index in [9.17, 15) is 9.90 Å². The SMILES string of the molecule is CC1(O)CCN(C(=O)c2ccncc2)C1. The summed E-state index contributed by atoms with van der Waals surface area (Å²) in [5, 5.41) is 9.75. The fourth-order valence-electron chi connectivity index (χ4n) is 1.80. The number of aliphatic hydroxyl groups is 1. The van der Waals surface area contributed by atoms with Crippen molar-refractivity contribution in [2.75, 3.05) is 13.1 Å². The van der Waals surface area contributed by atoms with Crippen LogP contribution >= 0.6 is 0 Å². The predicted octanol–water partition coefficient (Wildman–Crippen LogP) is 0.679. The molecule has 1 unspecified atom stereocenters. The molecule has 1 saturated heterocycles. The molecule has 1 aliphatic rings. The molecule has 0 spiro atoms. The standard InChI is InChI=1S/C11H14N2O2/c1-11(15)4-7-13(8-11)10(14)9-2-5-12-6-3-9/h2-3,5-6,15H,4,7-8H2,1H3. The van der Waals surface area contributed by atoms with Crippen LogP contribution in [0.4, 0.5) is 0 Å². The molecule has 4 heteroatoms. The number of nitrogens with zero attached hydrogens (tertiary/aromatic N) is 2. The molecule has 1 fully saturated rings. The maximum Gasteiger partial charge on any atom is 0.254 e. The lowest BCUT2D eigenvalue weighted by Gasteiger charge is -2.18. The van der Waals surface area contributed by atoms with Crippen LogP contribution < -0.4 is 0 Å². The van der Waals surface area contributed by atoms with Gasteiger partial charge in [0.05, 0.1) is 5.60 Å². The number of aromatic nitrogens is 1. The number of carbonyl (C=O) groups is 1. The summed E-state index contributed by atoms with van der Waals surface area (Å²) in [6, 6.07) is 3.38. The number of β-amino-alcohol motifs (C(OH)–C–C–N with tert-alkyl or cyclic N) is 1. The molecule has 15 heavy (non-hydrogen) atoms. The van der Waals surface area contributed by atoms with Crippen molar-refractivity contribution >= 4 is 5.91 Å². The van der Waals surface area contributed by atoms with E-state index in [1.807, 2.05) is 0 Å². The smallest absolute Gasteiger partial charge is 0.254 e. The first-order valence-corrected chi connectivity index (χ1v) is 5.00. The zero-order chi connectivity index (χ0) is 10.9. The Hall–Kier alpha value is -1.42. The highest BCUT2D eigenvalue weighted by Gasteiger charge is 2.34. The number of hydrogen-bond acceptors (Lipinski definition) is 3. The fourth-order valence-corrected chi connectivity index (χ4v) is 1.80. The zero-order valence-electron chi connectivity index (χ0n) is 8.68. The first-order chi connectivity index (χ1) is 7.08. The summed E-state index contributed by atoms with van der Waals surface area (Å²) >= 11 is 0. The van der Waals surface area contributed by atoms with Crippen LogP contribution in [-0.4, -0.2) is 39.6 Å². The molecule has 0 radical (unpaired) electrons. The van der Waals surface area contributed by atoms with Gasteiger partial charge in [-0.1, -0.05) is 0 Å². The minimum Gasteiger partial charge on any atom is -0.388 e. The van der Waals surface area contributed by atoms with Crippen LogP contribution in [-0.2, 0) is 0 Å². The molecule has 1 N–H and O–H groups in total. The number of carbonyl (C=O) groups excluding carboxylic acids is 1. The third-order valence-corrected chi connectivity index (χ3v) is 2.67. The van der Waals surface area contributed by atoms with E-state index in [1.165, 1.54) is 0 Å². The lowest BCUT2D eigenvalue weighted by atomic mass is 10.1. The Morgan fingerprint density at radius 3 is 2.73 bits per heavy atom. The lowest BCUT2D eigenvalue weighted by molar-refractivity contribution is 0.0572. The molecule has 2 rings (SSSR count). The molecule has 1 aromatic heterocycles. The van der Waals surface area contributed by atoms with Gasteiger partial charge in [0.15, 0.2) is 0 Å². The highest BCUT2D eigenvalue weighted by molar-refractivity contribution is 5.94. The lowest BCUT2D eigenvalue weighted by Crippen LogP contribution is -2.33. The van der Waals surface area contributed by atoms with Crippen molar-refractivity contribution in [3.63, 3.8) is 0 Å². The maximum absolute atomic E-state index is 11.9. The summed E-state index contributed by atoms with van der Waals surface area (Å²) in [5.74, 6) is -0.0322. The van der Waals surface area contributed by atoms with E-state index in [1.54, 1.807) is 36.4 Å². The molecule has 80 valence electrons. The first kappa shape index (κ1) is 10.1. The van der Waals surface area contributed by atoms with Gasteiger partial charge in [-0.3, -0.25) is 9.78 Å². The van der Waals surface area contributed by atoms with Crippen LogP contribution in [0.1, 0.15) is 23.7 Å². The number of likely N-dealkylation sites (tertiary alicyclic amines) is 1. The molecule has 1 aliphatic heterocycles. The van der Waals surface area contributed by atoms with Gasteiger partial charge in [-0.05, 0) is 25.5 Å². The van der Waals surface area contributed by atoms with Gasteiger partial charge in [0.1, 0.15) is 0 Å². The molecule has 4 nitrogen and oxygen atoms in total. The number of rotatable bonds is 1. The van der Waals surface area contributed by atoms with Crippen LogP contribution in [0.25, 0.3) is 0 Å². The third-order valence-electron chi connectivity index (χ3n) is 2.67. The van der Waals surface area contributed by atoms with Gasteiger partial charge in [-0.15, -0.1) is 0 Å². The highest BCUT2D eigenvalue weighted by Crippen LogP contribution is 2.21. The van der Waals surface area contributed by atoms with E-state index in [2.05, 4.69) is 4.98 Å². The minimum absolute atomic E-state index is 0.0322. The van der Waals surface area contributed by atoms with Crippen LogP contribution in [0.5, 0.6) is 0 Å². The van der Waals surface area contributed by atoms with Crippen molar-refractivity contribution in [1.82, 2.24) is 9.88 Å². The Balaban J connectivity index is 2.11. The van der Waals surface area contributed by atoms with E-state index < -0.39 is 5.60 Å². The van der Waals surface area contributed by atoms with Gasteiger partial charge >= 0.3 is 0 Å². The summed E-state index contributed by atoms with van der Waals surface area (Å²) in [6.45, 7) is 2.79. The quantitative estimate of drug-likeness (QED) is 0.735. The molecule has 0 aromatic carbocycles. The molecular weight excluding hydrogens is 192 g/mol. The summed E-state index contributed by atoms with van der Waals surface area (Å²) in [5.41, 5.74) is -0.106. The van der Waals surface area contributed by atoms with Gasteiger partial charge in [0.25, 0.3) is 5.91 Å². The average Bonchev–Trinajstić information content (AvgIpc) is 2.59. The molecule has 2 heterocycles. The highest BCUT2D eigenvalue weighted by atomic mass is 16.3.